The van der Waals surface area contributed by atoms with Crippen molar-refractivity contribution in [2.75, 3.05) is 5.75 Å². The number of thioether (sulfide) groups is 1. The molecule has 0 unspecified atom stereocenters. The van der Waals surface area contributed by atoms with Crippen LogP contribution < -0.4 is 4.74 Å². The predicted octanol–water partition coefficient (Wildman–Crippen LogP) is 5.39. The maximum absolute atomic E-state index is 9.45. The average Bonchev–Trinajstić information content (AvgIpc) is 2.57. The highest BCUT2D eigenvalue weighted by molar-refractivity contribution is 9.10. The van der Waals surface area contributed by atoms with Gasteiger partial charge in [0.1, 0.15) is 5.75 Å². The zero-order chi connectivity index (χ0) is 16.2. The molecule has 5 heteroatoms. The van der Waals surface area contributed by atoms with Gasteiger partial charge in [-0.25, -0.2) is 4.98 Å². The number of aromatic nitrogens is 1. The maximum Gasteiger partial charge on any atom is 0.219 e. The molecular formula is C18H16BrNO2S. The molecule has 0 bridgehead atoms. The Kier molecular flexibility index (Phi) is 5.20. The topological polar surface area (TPSA) is 42.4 Å². The van der Waals surface area contributed by atoms with Gasteiger partial charge in [-0.1, -0.05) is 28.9 Å². The smallest absolute Gasteiger partial charge is 0.219 e. The number of aliphatic hydroxyl groups excluding tert-OH is 1. The quantitative estimate of drug-likeness (QED) is 0.593. The summed E-state index contributed by atoms with van der Waals surface area (Å²) in [5, 5.41) is 11.5. The van der Waals surface area contributed by atoms with Crippen LogP contribution in [0, 0.1) is 0 Å². The van der Waals surface area contributed by atoms with E-state index in [1.54, 1.807) is 11.8 Å². The molecule has 0 aliphatic carbocycles. The van der Waals surface area contributed by atoms with Crippen LogP contribution in [-0.4, -0.2) is 15.8 Å². The minimum absolute atomic E-state index is 0.0259. The van der Waals surface area contributed by atoms with Crippen molar-refractivity contribution in [1.82, 2.24) is 4.98 Å². The Morgan fingerprint density at radius 2 is 2.04 bits per heavy atom. The number of hydrogen-bond donors (Lipinski definition) is 1. The number of fused-ring (bicyclic) bond motifs is 1. The molecule has 0 saturated carbocycles. The number of benzene rings is 2. The van der Waals surface area contributed by atoms with E-state index < -0.39 is 0 Å². The van der Waals surface area contributed by atoms with Crippen LogP contribution in [0.25, 0.3) is 10.8 Å². The summed E-state index contributed by atoms with van der Waals surface area (Å²) in [5.41, 5.74) is 0.813. The summed E-state index contributed by atoms with van der Waals surface area (Å²) in [4.78, 5) is 5.48. The molecule has 0 atom stereocenters. The van der Waals surface area contributed by atoms with Crippen molar-refractivity contribution >= 4 is 38.5 Å². The molecule has 3 nitrogen and oxygen atoms in total. The van der Waals surface area contributed by atoms with Gasteiger partial charge in [0.2, 0.25) is 5.88 Å². The van der Waals surface area contributed by atoms with E-state index in [4.69, 9.17) is 4.74 Å². The molecule has 0 fully saturated rings. The summed E-state index contributed by atoms with van der Waals surface area (Å²) in [5.74, 6) is 2.25. The molecule has 118 valence electrons. The van der Waals surface area contributed by atoms with Gasteiger partial charge >= 0.3 is 0 Å². The number of hydrogen-bond acceptors (Lipinski definition) is 4. The van der Waals surface area contributed by atoms with Crippen LogP contribution in [0.15, 0.2) is 58.0 Å². The molecule has 0 saturated heterocycles. The minimum Gasteiger partial charge on any atom is -0.438 e. The first kappa shape index (κ1) is 16.3. The van der Waals surface area contributed by atoms with E-state index in [0.29, 0.717) is 11.6 Å². The summed E-state index contributed by atoms with van der Waals surface area (Å²) < 4.78 is 6.95. The molecule has 0 amide bonds. The number of halogens is 1. The molecule has 1 aromatic heterocycles. The summed E-state index contributed by atoms with van der Waals surface area (Å²) in [6.07, 6.45) is 1.82. The molecule has 3 rings (SSSR count). The molecule has 1 N–H and O–H groups in total. The van der Waals surface area contributed by atoms with Crippen molar-refractivity contribution in [1.29, 1.82) is 0 Å². The van der Waals surface area contributed by atoms with E-state index in [1.807, 2.05) is 48.7 Å². The lowest BCUT2D eigenvalue weighted by atomic mass is 10.1. The van der Waals surface area contributed by atoms with E-state index in [9.17, 15) is 5.11 Å². The third-order valence-electron chi connectivity index (χ3n) is 3.36. The third kappa shape index (κ3) is 3.86. The second-order valence-corrected chi connectivity index (χ2v) is 7.24. The van der Waals surface area contributed by atoms with Gasteiger partial charge in [0.05, 0.1) is 6.61 Å². The second-order valence-electron chi connectivity index (χ2n) is 4.98. The molecule has 23 heavy (non-hydrogen) atoms. The van der Waals surface area contributed by atoms with Crippen molar-refractivity contribution in [2.45, 2.75) is 18.4 Å². The first-order valence-electron chi connectivity index (χ1n) is 7.29. The Hall–Kier alpha value is -1.56. The fourth-order valence-electron chi connectivity index (χ4n) is 2.32. The standard InChI is InChI=1S/C18H16BrNO2S/c1-2-23-15-5-6-18(20-10-15)22-17-8-12(11-21)7-13-3-4-14(19)9-16(13)17/h3-10,21H,2,11H2,1H3. The Morgan fingerprint density at radius 1 is 1.17 bits per heavy atom. The Labute approximate surface area is 147 Å². The van der Waals surface area contributed by atoms with Crippen LogP contribution in [-0.2, 0) is 6.61 Å². The van der Waals surface area contributed by atoms with Crippen molar-refractivity contribution in [3.05, 3.63) is 58.7 Å². The molecule has 0 aliphatic rings. The number of nitrogens with zero attached hydrogens (tertiary/aromatic N) is 1. The highest BCUT2D eigenvalue weighted by Gasteiger charge is 2.08. The largest absolute Gasteiger partial charge is 0.438 e. The van der Waals surface area contributed by atoms with Gasteiger partial charge in [-0.15, -0.1) is 11.8 Å². The second kappa shape index (κ2) is 7.34. The third-order valence-corrected chi connectivity index (χ3v) is 4.71. The van der Waals surface area contributed by atoms with Crippen LogP contribution in [0.1, 0.15) is 12.5 Å². The zero-order valence-corrected chi connectivity index (χ0v) is 15.0. The predicted molar refractivity (Wildman–Crippen MR) is 98.3 cm³/mol. The first-order valence-corrected chi connectivity index (χ1v) is 9.07. The lowest BCUT2D eigenvalue weighted by Crippen LogP contribution is -1.92. The van der Waals surface area contributed by atoms with Crippen LogP contribution in [0.5, 0.6) is 11.6 Å². The van der Waals surface area contributed by atoms with E-state index in [0.717, 1.165) is 31.5 Å². The molecule has 0 spiro atoms. The lowest BCUT2D eigenvalue weighted by molar-refractivity contribution is 0.281. The zero-order valence-electron chi connectivity index (χ0n) is 12.6. The number of rotatable bonds is 5. The van der Waals surface area contributed by atoms with Gasteiger partial charge < -0.3 is 9.84 Å². The normalized spacial score (nSPS) is 10.9. The summed E-state index contributed by atoms with van der Waals surface area (Å²) >= 11 is 5.23. The van der Waals surface area contributed by atoms with Crippen LogP contribution in [0.3, 0.4) is 0 Å². The van der Waals surface area contributed by atoms with Gasteiger partial charge in [0.15, 0.2) is 0 Å². The first-order chi connectivity index (χ1) is 11.2. The van der Waals surface area contributed by atoms with Crippen LogP contribution >= 0.6 is 27.7 Å². The van der Waals surface area contributed by atoms with Crippen LogP contribution in [0.4, 0.5) is 0 Å². The highest BCUT2D eigenvalue weighted by Crippen LogP contribution is 2.33. The van der Waals surface area contributed by atoms with Gasteiger partial charge in [0, 0.05) is 27.0 Å². The van der Waals surface area contributed by atoms with E-state index in [1.165, 1.54) is 0 Å². The molecule has 3 aromatic rings. The van der Waals surface area contributed by atoms with Gasteiger partial charge in [0.25, 0.3) is 0 Å². The molecule has 1 heterocycles. The molecule has 0 radical (unpaired) electrons. The average molecular weight is 390 g/mol. The van der Waals surface area contributed by atoms with Gasteiger partial charge in [-0.3, -0.25) is 0 Å². The SMILES string of the molecule is CCSc1ccc(Oc2cc(CO)cc3ccc(Br)cc23)nc1. The van der Waals surface area contributed by atoms with Crippen molar-refractivity contribution in [2.24, 2.45) is 0 Å². The number of ether oxygens (including phenoxy) is 1. The fourth-order valence-corrected chi connectivity index (χ4v) is 3.31. The minimum atomic E-state index is -0.0259. The van der Waals surface area contributed by atoms with Crippen LogP contribution in [0.2, 0.25) is 0 Å². The molecule has 2 aromatic carbocycles. The number of pyridine rings is 1. The summed E-state index contributed by atoms with van der Waals surface area (Å²) in [7, 11) is 0. The summed E-state index contributed by atoms with van der Waals surface area (Å²) in [6.45, 7) is 2.08. The van der Waals surface area contributed by atoms with Crippen molar-refractivity contribution < 1.29 is 9.84 Å². The molecule has 0 aliphatic heterocycles. The van der Waals surface area contributed by atoms with E-state index in [2.05, 4.69) is 27.8 Å². The van der Waals surface area contributed by atoms with Gasteiger partial charge in [-0.05, 0) is 47.0 Å². The maximum atomic E-state index is 9.45. The lowest BCUT2D eigenvalue weighted by Gasteiger charge is -2.11. The van der Waals surface area contributed by atoms with Crippen molar-refractivity contribution in [3.8, 4) is 11.6 Å². The summed E-state index contributed by atoms with van der Waals surface area (Å²) in [6, 6.07) is 13.7. The Morgan fingerprint density at radius 3 is 2.74 bits per heavy atom. The Bertz CT molecular complexity index is 821. The van der Waals surface area contributed by atoms with Gasteiger partial charge in [-0.2, -0.15) is 0 Å². The fraction of sp³-hybridized carbons (Fsp3) is 0.167. The van der Waals surface area contributed by atoms with Crippen molar-refractivity contribution in [3.63, 3.8) is 0 Å². The van der Waals surface area contributed by atoms with E-state index in [-0.39, 0.29) is 6.61 Å². The monoisotopic (exact) mass is 389 g/mol. The Balaban J connectivity index is 1.99. The number of aliphatic hydroxyl groups is 1. The van der Waals surface area contributed by atoms with E-state index >= 15 is 0 Å². The highest BCUT2D eigenvalue weighted by atomic mass is 79.9. The molecular weight excluding hydrogens is 374 g/mol.